The number of rotatable bonds is 5. The van der Waals surface area contributed by atoms with Crippen LogP contribution in [0, 0.1) is 0 Å². The molecule has 328 valence electrons. The number of aromatic nitrogens is 2. The van der Waals surface area contributed by atoms with Gasteiger partial charge in [-0.25, -0.2) is 0 Å². The summed E-state index contributed by atoms with van der Waals surface area (Å²) in [6, 6.07) is 90.6. The van der Waals surface area contributed by atoms with Gasteiger partial charge in [0.05, 0.1) is 27.8 Å². The van der Waals surface area contributed by atoms with Crippen LogP contribution in [0.2, 0.25) is 0 Å². The minimum absolute atomic E-state index is 0.108. The molecule has 0 bridgehead atoms. The average molecular weight is 918 g/mol. The number of para-hydroxylation sites is 4. The molecule has 2 aliphatic heterocycles. The summed E-state index contributed by atoms with van der Waals surface area (Å²) >= 11 is 1.95. The predicted octanol–water partition coefficient (Wildman–Crippen LogP) is 15.9. The zero-order chi connectivity index (χ0) is 46.3. The summed E-state index contributed by atoms with van der Waals surface area (Å²) in [5.41, 5.74) is 21.9. The molecule has 0 saturated carbocycles. The first-order chi connectivity index (χ1) is 35.3. The van der Waals surface area contributed by atoms with E-state index in [1.165, 1.54) is 131 Å². The second kappa shape index (κ2) is 14.8. The molecule has 3 aromatic heterocycles. The summed E-state index contributed by atoms with van der Waals surface area (Å²) in [4.78, 5) is 2.68. The van der Waals surface area contributed by atoms with Crippen LogP contribution in [0.5, 0.6) is 0 Å². The molecule has 3 nitrogen and oxygen atoms in total. The molecule has 2 aliphatic rings. The van der Waals surface area contributed by atoms with Gasteiger partial charge in [0, 0.05) is 75.6 Å². The van der Waals surface area contributed by atoms with E-state index in [4.69, 9.17) is 0 Å². The Morgan fingerprint density at radius 3 is 1.59 bits per heavy atom. The van der Waals surface area contributed by atoms with Gasteiger partial charge in [0.2, 0.25) is 0 Å². The molecule has 0 radical (unpaired) electrons. The van der Waals surface area contributed by atoms with Gasteiger partial charge in [0.15, 0.2) is 0 Å². The van der Waals surface area contributed by atoms with Crippen LogP contribution in [0.4, 0.5) is 17.1 Å². The lowest BCUT2D eigenvalue weighted by Crippen LogP contribution is -2.60. The molecule has 0 fully saturated rings. The van der Waals surface area contributed by atoms with Crippen molar-refractivity contribution < 1.29 is 0 Å². The van der Waals surface area contributed by atoms with Crippen molar-refractivity contribution in [1.29, 1.82) is 0 Å². The van der Waals surface area contributed by atoms with Gasteiger partial charge in [-0.3, -0.25) is 0 Å². The third kappa shape index (κ3) is 5.44. The summed E-state index contributed by atoms with van der Waals surface area (Å²) in [5.74, 6) is 0. The monoisotopic (exact) mass is 917 g/mol. The fraction of sp³-hybridized carbons (Fsp3) is 0. The number of nitrogens with zero attached hydrogens (tertiary/aromatic N) is 3. The molecule has 0 amide bonds. The van der Waals surface area contributed by atoms with E-state index in [0.29, 0.717) is 0 Å². The standard InChI is InChI=1S/C66H40BN3S/c1-5-20-41(21-6-1)44-36-59-62-60(37-44)70(64-46(42-22-7-2-8-23-42)31-19-32-47(64)43-24-9-3-10-25-43)58-39-51-48-28-13-16-33-55(48)68(45-26-11-4-12-27-45)57(51)40-54(58)67(62)63-65-52(49-29-14-17-34-56(49)69(59)65)38-53-50-30-15-18-35-61(50)71-66(53)63/h1-40H. The van der Waals surface area contributed by atoms with Crippen LogP contribution in [-0.2, 0) is 0 Å². The number of benzene rings is 11. The summed E-state index contributed by atoms with van der Waals surface area (Å²) in [6.45, 7) is -0.108. The molecule has 14 aromatic rings. The number of anilines is 3. The van der Waals surface area contributed by atoms with Crippen LogP contribution < -0.4 is 21.3 Å². The van der Waals surface area contributed by atoms with Crippen molar-refractivity contribution in [2.45, 2.75) is 0 Å². The number of fused-ring (bicyclic) bond motifs is 14. The number of thiophene rings is 1. The topological polar surface area (TPSA) is 13.1 Å². The maximum absolute atomic E-state index is 2.68. The van der Waals surface area contributed by atoms with Crippen molar-refractivity contribution in [2.24, 2.45) is 0 Å². The van der Waals surface area contributed by atoms with Gasteiger partial charge in [-0.2, -0.15) is 0 Å². The lowest BCUT2D eigenvalue weighted by atomic mass is 9.33. The molecule has 5 heteroatoms. The second-order valence-corrected chi connectivity index (χ2v) is 20.2. The van der Waals surface area contributed by atoms with Gasteiger partial charge in [-0.1, -0.05) is 182 Å². The highest BCUT2D eigenvalue weighted by atomic mass is 32.1. The van der Waals surface area contributed by atoms with E-state index in [-0.39, 0.29) is 6.71 Å². The van der Waals surface area contributed by atoms with E-state index in [0.717, 1.165) is 11.4 Å². The Bertz CT molecular complexity index is 4460. The highest BCUT2D eigenvalue weighted by Crippen LogP contribution is 2.52. The molecule has 0 atom stereocenters. The van der Waals surface area contributed by atoms with E-state index in [1.807, 2.05) is 11.3 Å². The maximum Gasteiger partial charge on any atom is 0.254 e. The predicted molar refractivity (Wildman–Crippen MR) is 304 cm³/mol. The van der Waals surface area contributed by atoms with Crippen LogP contribution in [0.3, 0.4) is 0 Å². The Balaban J connectivity index is 1.15. The van der Waals surface area contributed by atoms with Crippen molar-refractivity contribution in [1.82, 2.24) is 9.13 Å². The van der Waals surface area contributed by atoms with Crippen molar-refractivity contribution in [2.75, 3.05) is 4.90 Å². The largest absolute Gasteiger partial charge is 0.310 e. The summed E-state index contributed by atoms with van der Waals surface area (Å²) in [5, 5.41) is 7.67. The molecule has 5 heterocycles. The minimum atomic E-state index is -0.108. The van der Waals surface area contributed by atoms with Gasteiger partial charge >= 0.3 is 0 Å². The Kier molecular flexibility index (Phi) is 8.13. The SMILES string of the molecule is c1ccc(-c2cc3c4c(c2)-n2c5ccccc5c5cc6c(sc7ccccc76)c(c52)B4c2cc4c(cc2N3c2c(-c3ccccc3)cccc2-c2ccccc2)c2ccccc2n4-c2ccccc2)cc1. The lowest BCUT2D eigenvalue weighted by Gasteiger charge is -2.42. The molecule has 0 spiro atoms. The van der Waals surface area contributed by atoms with Crippen molar-refractivity contribution >= 4 is 115 Å². The van der Waals surface area contributed by atoms with E-state index in [9.17, 15) is 0 Å². The van der Waals surface area contributed by atoms with Gasteiger partial charge < -0.3 is 14.0 Å². The highest BCUT2D eigenvalue weighted by molar-refractivity contribution is 7.28. The molecular weight excluding hydrogens is 878 g/mol. The fourth-order valence-corrected chi connectivity index (χ4v) is 13.8. The first-order valence-corrected chi connectivity index (χ1v) is 25.4. The summed E-state index contributed by atoms with van der Waals surface area (Å²) < 4.78 is 7.80. The van der Waals surface area contributed by atoms with Crippen LogP contribution in [0.25, 0.3) is 109 Å². The summed E-state index contributed by atoms with van der Waals surface area (Å²) in [6.07, 6.45) is 0. The Labute approximate surface area is 414 Å². The second-order valence-electron chi connectivity index (χ2n) is 19.1. The van der Waals surface area contributed by atoms with Crippen LogP contribution >= 0.6 is 11.3 Å². The van der Waals surface area contributed by atoms with Crippen molar-refractivity contribution in [3.05, 3.63) is 243 Å². The third-order valence-electron chi connectivity index (χ3n) is 15.5. The van der Waals surface area contributed by atoms with Gasteiger partial charge in [0.1, 0.15) is 0 Å². The minimum Gasteiger partial charge on any atom is -0.310 e. The molecule has 0 saturated heterocycles. The number of hydrogen-bond donors (Lipinski definition) is 0. The fourth-order valence-electron chi connectivity index (χ4n) is 12.6. The van der Waals surface area contributed by atoms with Crippen LogP contribution in [0.1, 0.15) is 0 Å². The van der Waals surface area contributed by atoms with Gasteiger partial charge in [-0.15, -0.1) is 11.3 Å². The first-order valence-electron chi connectivity index (χ1n) is 24.5. The smallest absolute Gasteiger partial charge is 0.254 e. The first kappa shape index (κ1) is 39.0. The molecule has 11 aromatic carbocycles. The van der Waals surface area contributed by atoms with Crippen molar-refractivity contribution in [3.63, 3.8) is 0 Å². The number of hydrogen-bond acceptors (Lipinski definition) is 2. The van der Waals surface area contributed by atoms with Gasteiger partial charge in [0.25, 0.3) is 6.71 Å². The quantitative estimate of drug-likeness (QED) is 0.157. The normalized spacial score (nSPS) is 12.7. The van der Waals surface area contributed by atoms with E-state index in [2.05, 4.69) is 257 Å². The Hall–Kier alpha value is -8.90. The molecular formula is C66H40BN3S. The molecule has 0 N–H and O–H groups in total. The zero-order valence-electron chi connectivity index (χ0n) is 38.4. The third-order valence-corrected chi connectivity index (χ3v) is 16.7. The summed E-state index contributed by atoms with van der Waals surface area (Å²) in [7, 11) is 0. The highest BCUT2D eigenvalue weighted by Gasteiger charge is 2.45. The van der Waals surface area contributed by atoms with Crippen molar-refractivity contribution in [3.8, 4) is 44.8 Å². The average Bonchev–Trinajstić information content (AvgIpc) is 4.10. The van der Waals surface area contributed by atoms with Crippen LogP contribution in [-0.4, -0.2) is 15.8 Å². The zero-order valence-corrected chi connectivity index (χ0v) is 39.2. The van der Waals surface area contributed by atoms with E-state index in [1.54, 1.807) is 0 Å². The lowest BCUT2D eigenvalue weighted by molar-refractivity contribution is 1.17. The van der Waals surface area contributed by atoms with Crippen LogP contribution in [0.15, 0.2) is 243 Å². The Morgan fingerprint density at radius 2 is 0.901 bits per heavy atom. The molecule has 16 rings (SSSR count). The van der Waals surface area contributed by atoms with Gasteiger partial charge in [-0.05, 0) is 99.3 Å². The maximum atomic E-state index is 2.68. The van der Waals surface area contributed by atoms with E-state index >= 15 is 0 Å². The Morgan fingerprint density at radius 1 is 0.338 bits per heavy atom. The molecule has 0 unspecified atom stereocenters. The molecule has 71 heavy (non-hydrogen) atoms. The molecule has 0 aliphatic carbocycles. The van der Waals surface area contributed by atoms with E-state index < -0.39 is 0 Å².